The average Bonchev–Trinajstić information content (AvgIpc) is 2.79. The first kappa shape index (κ1) is 13.6. The van der Waals surface area contributed by atoms with Gasteiger partial charge in [-0.15, -0.1) is 0 Å². The smallest absolute Gasteiger partial charge is 0.317 e. The van der Waals surface area contributed by atoms with Gasteiger partial charge in [0.15, 0.2) is 0 Å². The Morgan fingerprint density at radius 2 is 2.20 bits per heavy atom. The summed E-state index contributed by atoms with van der Waals surface area (Å²) in [7, 11) is 0. The summed E-state index contributed by atoms with van der Waals surface area (Å²) in [5.74, 6) is 0.418. The van der Waals surface area contributed by atoms with Crippen LogP contribution in [0.3, 0.4) is 0 Å². The first-order chi connectivity index (χ1) is 9.74. The van der Waals surface area contributed by atoms with Crippen molar-refractivity contribution in [3.8, 4) is 0 Å². The number of carboxylic acids is 1. The lowest BCUT2D eigenvalue weighted by Gasteiger charge is -2.33. The average molecular weight is 278 g/mol. The summed E-state index contributed by atoms with van der Waals surface area (Å²) in [4.78, 5) is 15.4. The maximum Gasteiger partial charge on any atom is 0.317 e. The molecule has 1 aromatic rings. The quantitative estimate of drug-likeness (QED) is 0.913. The molecule has 0 radical (unpaired) electrons. The van der Waals surface area contributed by atoms with E-state index in [1.807, 2.05) is 4.90 Å². The summed E-state index contributed by atoms with van der Waals surface area (Å²) in [5.41, 5.74) is 1.35. The third kappa shape index (κ3) is 2.88. The van der Waals surface area contributed by atoms with Gasteiger partial charge < -0.3 is 9.52 Å². The van der Waals surface area contributed by atoms with E-state index in [2.05, 4.69) is 11.0 Å². The van der Waals surface area contributed by atoms with Crippen molar-refractivity contribution in [2.75, 3.05) is 32.7 Å². The Morgan fingerprint density at radius 3 is 3.05 bits per heavy atom. The molecule has 3 rings (SSSR count). The van der Waals surface area contributed by atoms with Crippen molar-refractivity contribution in [2.24, 2.45) is 0 Å². The van der Waals surface area contributed by atoms with Gasteiger partial charge in [-0.05, 0) is 25.3 Å². The third-order valence-electron chi connectivity index (χ3n) is 4.44. The Hall–Kier alpha value is -1.33. The van der Waals surface area contributed by atoms with E-state index < -0.39 is 5.97 Å². The molecule has 20 heavy (non-hydrogen) atoms. The fourth-order valence-corrected chi connectivity index (χ4v) is 3.49. The molecular weight excluding hydrogens is 256 g/mol. The first-order valence-electron chi connectivity index (χ1n) is 7.48. The largest absolute Gasteiger partial charge is 0.480 e. The van der Waals surface area contributed by atoms with Crippen LogP contribution < -0.4 is 0 Å². The molecule has 1 atom stereocenters. The fourth-order valence-electron chi connectivity index (χ4n) is 3.49. The van der Waals surface area contributed by atoms with Crippen LogP contribution in [-0.4, -0.2) is 53.6 Å². The van der Waals surface area contributed by atoms with Crippen molar-refractivity contribution in [2.45, 2.75) is 31.7 Å². The minimum atomic E-state index is -0.728. The normalized spacial score (nSPS) is 25.1. The molecule has 0 bridgehead atoms. The van der Waals surface area contributed by atoms with Gasteiger partial charge in [0.05, 0.1) is 12.8 Å². The zero-order valence-corrected chi connectivity index (χ0v) is 11.8. The van der Waals surface area contributed by atoms with E-state index in [4.69, 9.17) is 9.52 Å². The summed E-state index contributed by atoms with van der Waals surface area (Å²) < 4.78 is 5.57. The van der Waals surface area contributed by atoms with Crippen LogP contribution in [0.2, 0.25) is 0 Å². The minimum Gasteiger partial charge on any atom is -0.480 e. The molecule has 1 saturated heterocycles. The first-order valence-corrected chi connectivity index (χ1v) is 7.48. The molecule has 5 nitrogen and oxygen atoms in total. The van der Waals surface area contributed by atoms with E-state index in [-0.39, 0.29) is 6.54 Å². The number of aliphatic carboxylic acids is 1. The van der Waals surface area contributed by atoms with Crippen LogP contribution in [0.5, 0.6) is 0 Å². The number of hydrogen-bond acceptors (Lipinski definition) is 4. The molecule has 5 heteroatoms. The van der Waals surface area contributed by atoms with Gasteiger partial charge in [0.1, 0.15) is 5.76 Å². The second-order valence-electron chi connectivity index (χ2n) is 5.77. The highest BCUT2D eigenvalue weighted by atomic mass is 16.4. The fraction of sp³-hybridized carbons (Fsp3) is 0.667. The highest BCUT2D eigenvalue weighted by molar-refractivity contribution is 5.69. The molecule has 0 aromatic carbocycles. The highest BCUT2D eigenvalue weighted by Crippen LogP contribution is 2.35. The maximum atomic E-state index is 10.8. The molecule has 1 aromatic heterocycles. The van der Waals surface area contributed by atoms with Crippen molar-refractivity contribution >= 4 is 5.97 Å². The number of carbonyl (C=O) groups is 1. The Bertz CT molecular complexity index is 471. The molecule has 1 fully saturated rings. The molecule has 0 spiro atoms. The van der Waals surface area contributed by atoms with Crippen LogP contribution in [0.1, 0.15) is 36.6 Å². The van der Waals surface area contributed by atoms with Crippen LogP contribution in [0.4, 0.5) is 0 Å². The van der Waals surface area contributed by atoms with E-state index in [0.29, 0.717) is 6.04 Å². The maximum absolute atomic E-state index is 10.8. The SMILES string of the molecule is O=C(O)CN1CCCN(C2CCCc3occc32)CC1. The zero-order valence-electron chi connectivity index (χ0n) is 11.8. The molecule has 1 unspecified atom stereocenters. The van der Waals surface area contributed by atoms with E-state index in [9.17, 15) is 4.79 Å². The van der Waals surface area contributed by atoms with Crippen molar-refractivity contribution in [1.29, 1.82) is 0 Å². The second kappa shape index (κ2) is 5.97. The zero-order chi connectivity index (χ0) is 13.9. The number of furan rings is 1. The number of aryl methyl sites for hydroxylation is 1. The summed E-state index contributed by atoms with van der Waals surface area (Å²) in [6, 6.07) is 2.57. The van der Waals surface area contributed by atoms with E-state index in [1.54, 1.807) is 6.26 Å². The van der Waals surface area contributed by atoms with E-state index in [0.717, 1.165) is 44.8 Å². The third-order valence-corrected chi connectivity index (χ3v) is 4.44. The van der Waals surface area contributed by atoms with Crippen molar-refractivity contribution in [3.05, 3.63) is 23.7 Å². The molecule has 110 valence electrons. The summed E-state index contributed by atoms with van der Waals surface area (Å²) in [6.07, 6.45) is 6.26. The van der Waals surface area contributed by atoms with Gasteiger partial charge >= 0.3 is 5.97 Å². The van der Waals surface area contributed by atoms with Crippen molar-refractivity contribution < 1.29 is 14.3 Å². The number of nitrogens with zero attached hydrogens (tertiary/aromatic N) is 2. The van der Waals surface area contributed by atoms with Crippen molar-refractivity contribution in [1.82, 2.24) is 9.80 Å². The van der Waals surface area contributed by atoms with Crippen LogP contribution in [0.25, 0.3) is 0 Å². The number of carboxylic acid groups (broad SMARTS) is 1. The minimum absolute atomic E-state index is 0.162. The molecule has 0 amide bonds. The van der Waals surface area contributed by atoms with Crippen LogP contribution in [0, 0.1) is 0 Å². The Kier molecular flexibility index (Phi) is 4.08. The molecule has 1 N–H and O–H groups in total. The molecule has 2 aliphatic rings. The highest BCUT2D eigenvalue weighted by Gasteiger charge is 2.29. The topological polar surface area (TPSA) is 56.9 Å². The van der Waals surface area contributed by atoms with Gasteiger partial charge in [0.2, 0.25) is 0 Å². The van der Waals surface area contributed by atoms with Crippen molar-refractivity contribution in [3.63, 3.8) is 0 Å². The second-order valence-corrected chi connectivity index (χ2v) is 5.77. The van der Waals surface area contributed by atoms with E-state index in [1.165, 1.54) is 18.4 Å². The lowest BCUT2D eigenvalue weighted by Crippen LogP contribution is -2.36. The molecule has 0 saturated carbocycles. The molecule has 1 aliphatic heterocycles. The predicted octanol–water partition coefficient (Wildman–Crippen LogP) is 1.75. The number of fused-ring (bicyclic) bond motifs is 1. The lowest BCUT2D eigenvalue weighted by atomic mass is 9.92. The van der Waals surface area contributed by atoms with Gasteiger partial charge in [0.25, 0.3) is 0 Å². The summed E-state index contributed by atoms with van der Waals surface area (Å²) >= 11 is 0. The number of hydrogen-bond donors (Lipinski definition) is 1. The van der Waals surface area contributed by atoms with Gasteiger partial charge in [-0.3, -0.25) is 14.6 Å². The van der Waals surface area contributed by atoms with Gasteiger partial charge in [0, 0.05) is 44.2 Å². The summed E-state index contributed by atoms with van der Waals surface area (Å²) in [6.45, 7) is 3.88. The summed E-state index contributed by atoms with van der Waals surface area (Å²) in [5, 5.41) is 8.91. The van der Waals surface area contributed by atoms with Gasteiger partial charge in [-0.2, -0.15) is 0 Å². The Labute approximate surface area is 119 Å². The van der Waals surface area contributed by atoms with Crippen LogP contribution in [-0.2, 0) is 11.2 Å². The molecule has 2 heterocycles. The molecular formula is C15H22N2O3. The van der Waals surface area contributed by atoms with Crippen LogP contribution in [0.15, 0.2) is 16.7 Å². The molecule has 1 aliphatic carbocycles. The monoisotopic (exact) mass is 278 g/mol. The van der Waals surface area contributed by atoms with Gasteiger partial charge in [-0.1, -0.05) is 0 Å². The number of rotatable bonds is 3. The lowest BCUT2D eigenvalue weighted by molar-refractivity contribution is -0.138. The predicted molar refractivity (Wildman–Crippen MR) is 74.7 cm³/mol. The standard InChI is InChI=1S/C15H22N2O3/c18-15(19)11-16-6-2-7-17(9-8-16)13-3-1-4-14-12(13)5-10-20-14/h5,10,13H,1-4,6-9,11H2,(H,18,19). The van der Waals surface area contributed by atoms with Crippen LogP contribution >= 0.6 is 0 Å². The van der Waals surface area contributed by atoms with Gasteiger partial charge in [-0.25, -0.2) is 0 Å². The Morgan fingerprint density at radius 1 is 1.30 bits per heavy atom. The van der Waals surface area contributed by atoms with E-state index >= 15 is 0 Å². The Balaban J connectivity index is 1.66.